The van der Waals surface area contributed by atoms with Gasteiger partial charge in [0.25, 0.3) is 0 Å². The highest BCUT2D eigenvalue weighted by Crippen LogP contribution is 2.37. The maximum Gasteiger partial charge on any atom is 0.513 e. The van der Waals surface area contributed by atoms with E-state index in [-0.39, 0.29) is 11.1 Å². The van der Waals surface area contributed by atoms with E-state index in [0.29, 0.717) is 6.61 Å². The Hall–Kier alpha value is -1.07. The molecule has 0 N–H and O–H groups in total. The highest BCUT2D eigenvalue weighted by Gasteiger charge is 2.37. The summed E-state index contributed by atoms with van der Waals surface area (Å²) in [6.45, 7) is 15.0. The lowest BCUT2D eigenvalue weighted by atomic mass is 9.97. The Kier molecular flexibility index (Phi) is 6.22. The molecule has 0 aliphatic heterocycles. The largest absolute Gasteiger partial charge is 0.513 e. The maximum atomic E-state index is 11.4. The van der Waals surface area contributed by atoms with E-state index < -0.39 is 14.5 Å². The lowest BCUT2D eigenvalue weighted by Gasteiger charge is -2.37. The Morgan fingerprint density at radius 2 is 2.14 bits per heavy atom. The van der Waals surface area contributed by atoms with Gasteiger partial charge in [-0.05, 0) is 43.0 Å². The molecule has 0 saturated carbocycles. The molecular weight excluding hydrogens is 284 g/mol. The Labute approximate surface area is 129 Å². The molecule has 0 spiro atoms. The van der Waals surface area contributed by atoms with Crippen molar-refractivity contribution in [2.24, 2.45) is 0 Å². The number of hydrogen-bond donors (Lipinski definition) is 0. The number of carbonyl (C=O) groups excluding carboxylic acids is 1. The second kappa shape index (κ2) is 7.27. The molecule has 0 radical (unpaired) electrons. The van der Waals surface area contributed by atoms with Gasteiger partial charge in [-0.25, -0.2) is 4.79 Å². The highest BCUT2D eigenvalue weighted by molar-refractivity contribution is 6.74. The number of hydrogen-bond acceptors (Lipinski definition) is 4. The van der Waals surface area contributed by atoms with Crippen molar-refractivity contribution in [3.63, 3.8) is 0 Å². The fourth-order valence-electron chi connectivity index (χ4n) is 1.89. The first-order valence-electron chi connectivity index (χ1n) is 7.48. The molecule has 1 aliphatic rings. The molecule has 0 fully saturated rings. The van der Waals surface area contributed by atoms with Crippen LogP contribution in [0.2, 0.25) is 18.1 Å². The van der Waals surface area contributed by atoms with E-state index in [1.54, 1.807) is 0 Å². The van der Waals surface area contributed by atoms with Crippen LogP contribution in [0.25, 0.3) is 0 Å². The molecule has 0 aromatic carbocycles. The molecular formula is C16H28O4Si. The zero-order valence-corrected chi connectivity index (χ0v) is 14.9. The van der Waals surface area contributed by atoms with Gasteiger partial charge in [-0.15, -0.1) is 0 Å². The van der Waals surface area contributed by atoms with Crippen LogP contribution in [0.1, 0.15) is 40.0 Å². The monoisotopic (exact) mass is 312 g/mol. The van der Waals surface area contributed by atoms with E-state index in [9.17, 15) is 4.79 Å². The Morgan fingerprint density at radius 1 is 1.48 bits per heavy atom. The van der Waals surface area contributed by atoms with Gasteiger partial charge in [-0.3, -0.25) is 0 Å². The topological polar surface area (TPSA) is 44.8 Å². The normalized spacial score (nSPS) is 19.7. The fraction of sp³-hybridized carbons (Fsp3) is 0.688. The van der Waals surface area contributed by atoms with Crippen molar-refractivity contribution >= 4 is 14.5 Å². The summed E-state index contributed by atoms with van der Waals surface area (Å²) in [4.78, 5) is 11.4. The summed E-state index contributed by atoms with van der Waals surface area (Å²) in [6, 6.07) is 0. The third kappa shape index (κ3) is 5.32. The van der Waals surface area contributed by atoms with Crippen molar-refractivity contribution in [1.82, 2.24) is 0 Å². The molecule has 0 saturated heterocycles. The Balaban J connectivity index is 2.64. The zero-order valence-electron chi connectivity index (χ0n) is 13.9. The van der Waals surface area contributed by atoms with E-state index in [2.05, 4.69) is 51.3 Å². The summed E-state index contributed by atoms with van der Waals surface area (Å²) in [6.07, 6.45) is 5.11. The zero-order chi connectivity index (χ0) is 16.1. The predicted octanol–water partition coefficient (Wildman–Crippen LogP) is 4.78. The van der Waals surface area contributed by atoms with Crippen LogP contribution in [0, 0.1) is 0 Å². The van der Waals surface area contributed by atoms with Crippen molar-refractivity contribution in [3.05, 3.63) is 24.5 Å². The summed E-state index contributed by atoms with van der Waals surface area (Å²) in [5, 5.41) is 0.167. The lowest BCUT2D eigenvalue weighted by Crippen LogP contribution is -2.42. The van der Waals surface area contributed by atoms with Crippen molar-refractivity contribution in [2.45, 2.75) is 64.3 Å². The molecule has 0 aromatic rings. The van der Waals surface area contributed by atoms with Crippen molar-refractivity contribution in [1.29, 1.82) is 0 Å². The van der Waals surface area contributed by atoms with Gasteiger partial charge in [-0.2, -0.15) is 0 Å². The van der Waals surface area contributed by atoms with Gasteiger partial charge in [0.15, 0.2) is 8.32 Å². The van der Waals surface area contributed by atoms with Crippen LogP contribution in [0.3, 0.4) is 0 Å². The molecule has 0 bridgehead atoms. The molecule has 1 atom stereocenters. The average molecular weight is 312 g/mol. The average Bonchev–Trinajstić information content (AvgIpc) is 2.36. The van der Waals surface area contributed by atoms with Gasteiger partial charge in [0.2, 0.25) is 0 Å². The third-order valence-corrected chi connectivity index (χ3v) is 8.79. The standard InChI is InChI=1S/C16H28O4Si/c1-7-18-15(17)20-14-11-9-8-10-13(14)12-19-21(5,6)16(2,3)4/h7,10,14H,1,8-9,11-12H2,2-6H3/t14-/m0/s1. The molecule has 5 heteroatoms. The smallest absolute Gasteiger partial charge is 0.426 e. The van der Waals surface area contributed by atoms with E-state index >= 15 is 0 Å². The first-order chi connectivity index (χ1) is 9.67. The second-order valence-corrected chi connectivity index (χ2v) is 11.7. The number of rotatable bonds is 5. The van der Waals surface area contributed by atoms with E-state index in [1.807, 2.05) is 0 Å². The highest BCUT2D eigenvalue weighted by atomic mass is 28.4. The maximum absolute atomic E-state index is 11.4. The number of ether oxygens (including phenoxy) is 2. The molecule has 1 aliphatic carbocycles. The van der Waals surface area contributed by atoms with Gasteiger partial charge >= 0.3 is 6.16 Å². The van der Waals surface area contributed by atoms with Gasteiger partial charge in [0.1, 0.15) is 6.10 Å². The van der Waals surface area contributed by atoms with Gasteiger partial charge in [-0.1, -0.05) is 33.4 Å². The summed E-state index contributed by atoms with van der Waals surface area (Å²) in [5.41, 5.74) is 1.05. The molecule has 21 heavy (non-hydrogen) atoms. The summed E-state index contributed by atoms with van der Waals surface area (Å²) in [7, 11) is -1.80. The minimum atomic E-state index is -1.80. The van der Waals surface area contributed by atoms with Gasteiger partial charge in [0, 0.05) is 0 Å². The van der Waals surface area contributed by atoms with Gasteiger partial charge < -0.3 is 13.9 Å². The fourth-order valence-corrected chi connectivity index (χ4v) is 2.85. The number of carbonyl (C=O) groups is 1. The Morgan fingerprint density at radius 3 is 2.71 bits per heavy atom. The van der Waals surface area contributed by atoms with Gasteiger partial charge in [0.05, 0.1) is 12.9 Å². The van der Waals surface area contributed by atoms with Crippen LogP contribution in [0.4, 0.5) is 4.79 Å². The van der Waals surface area contributed by atoms with Crippen LogP contribution in [0.5, 0.6) is 0 Å². The molecule has 0 amide bonds. The lowest BCUT2D eigenvalue weighted by molar-refractivity contribution is 0.0505. The molecule has 0 aromatic heterocycles. The first kappa shape index (κ1) is 18.0. The SMILES string of the molecule is C=COC(=O)O[C@H]1CCCC=C1CO[Si](C)(C)C(C)(C)C. The molecule has 0 heterocycles. The van der Waals surface area contributed by atoms with Crippen LogP contribution in [-0.2, 0) is 13.9 Å². The quantitative estimate of drug-likeness (QED) is 0.317. The van der Waals surface area contributed by atoms with E-state index in [1.165, 1.54) is 0 Å². The molecule has 1 rings (SSSR count). The first-order valence-corrected chi connectivity index (χ1v) is 10.4. The summed E-state index contributed by atoms with van der Waals surface area (Å²) >= 11 is 0. The third-order valence-electron chi connectivity index (χ3n) is 4.31. The minimum absolute atomic E-state index is 0.167. The van der Waals surface area contributed by atoms with Crippen molar-refractivity contribution < 1.29 is 18.7 Å². The van der Waals surface area contributed by atoms with E-state index in [0.717, 1.165) is 31.1 Å². The molecule has 4 nitrogen and oxygen atoms in total. The predicted molar refractivity (Wildman–Crippen MR) is 86.6 cm³/mol. The Bertz CT molecular complexity index is 407. The van der Waals surface area contributed by atoms with E-state index in [4.69, 9.17) is 9.16 Å². The summed E-state index contributed by atoms with van der Waals surface area (Å²) in [5.74, 6) is 0. The second-order valence-electron chi connectivity index (χ2n) is 6.90. The molecule has 120 valence electrons. The van der Waals surface area contributed by atoms with Crippen LogP contribution in [-0.4, -0.2) is 27.2 Å². The van der Waals surface area contributed by atoms with Crippen LogP contribution >= 0.6 is 0 Å². The van der Waals surface area contributed by atoms with Crippen molar-refractivity contribution in [2.75, 3.05) is 6.61 Å². The summed E-state index contributed by atoms with van der Waals surface area (Å²) < 4.78 is 16.2. The minimum Gasteiger partial charge on any atom is -0.426 e. The van der Waals surface area contributed by atoms with Crippen LogP contribution < -0.4 is 0 Å². The molecule has 0 unspecified atom stereocenters. The van der Waals surface area contributed by atoms with Crippen molar-refractivity contribution in [3.8, 4) is 0 Å². The van der Waals surface area contributed by atoms with Crippen LogP contribution in [0.15, 0.2) is 24.5 Å². The number of allylic oxidation sites excluding steroid dienone is 1.